The van der Waals surface area contributed by atoms with Crippen LogP contribution in [-0.2, 0) is 10.0 Å². The van der Waals surface area contributed by atoms with Crippen LogP contribution in [0.1, 0.15) is 38.2 Å². The quantitative estimate of drug-likeness (QED) is 0.760. The highest BCUT2D eigenvalue weighted by molar-refractivity contribution is 9.10. The fourth-order valence-corrected chi connectivity index (χ4v) is 4.25. The van der Waals surface area contributed by atoms with Gasteiger partial charge < -0.3 is 4.90 Å². The molecule has 4 nitrogen and oxygen atoms in total. The molecule has 0 radical (unpaired) electrons. The Morgan fingerprint density at radius 3 is 2.82 bits per heavy atom. The van der Waals surface area contributed by atoms with Gasteiger partial charge >= 0.3 is 0 Å². The number of benzene rings is 1. The number of aryl methyl sites for hydroxylation is 1. The predicted octanol–water partition coefficient (Wildman–Crippen LogP) is 3.30. The molecule has 0 aliphatic carbocycles. The summed E-state index contributed by atoms with van der Waals surface area (Å²) in [4.78, 5) is 2.79. The largest absolute Gasteiger partial charge is 0.301 e. The minimum atomic E-state index is -3.41. The van der Waals surface area contributed by atoms with Gasteiger partial charge in [0, 0.05) is 17.1 Å². The first-order valence-corrected chi connectivity index (χ1v) is 10.2. The van der Waals surface area contributed by atoms with Crippen molar-refractivity contribution in [2.45, 2.75) is 50.5 Å². The van der Waals surface area contributed by atoms with Crippen molar-refractivity contribution in [3.05, 3.63) is 28.2 Å². The molecule has 1 aliphatic heterocycles. The van der Waals surface area contributed by atoms with Crippen molar-refractivity contribution >= 4 is 26.0 Å². The van der Waals surface area contributed by atoms with Crippen LogP contribution in [0.3, 0.4) is 0 Å². The van der Waals surface area contributed by atoms with Gasteiger partial charge in [-0.1, -0.05) is 22.4 Å². The van der Waals surface area contributed by atoms with Crippen molar-refractivity contribution in [1.29, 1.82) is 0 Å². The third kappa shape index (κ3) is 4.78. The van der Waals surface area contributed by atoms with Crippen molar-refractivity contribution in [2.75, 3.05) is 19.6 Å². The molecule has 0 amide bonds. The van der Waals surface area contributed by atoms with Gasteiger partial charge in [0.05, 0.1) is 4.90 Å². The van der Waals surface area contributed by atoms with Crippen LogP contribution in [0, 0.1) is 6.92 Å². The van der Waals surface area contributed by atoms with E-state index < -0.39 is 10.0 Å². The van der Waals surface area contributed by atoms with E-state index in [0.717, 1.165) is 29.5 Å². The average molecular weight is 389 g/mol. The highest BCUT2D eigenvalue weighted by Crippen LogP contribution is 2.20. The van der Waals surface area contributed by atoms with Crippen LogP contribution in [-0.4, -0.2) is 39.0 Å². The van der Waals surface area contributed by atoms with Crippen molar-refractivity contribution in [2.24, 2.45) is 0 Å². The Hall–Kier alpha value is -0.430. The number of likely N-dealkylation sites (tertiary alicyclic amines) is 1. The zero-order valence-electron chi connectivity index (χ0n) is 13.3. The fraction of sp³-hybridized carbons (Fsp3) is 0.625. The van der Waals surface area contributed by atoms with Crippen molar-refractivity contribution < 1.29 is 8.42 Å². The van der Waals surface area contributed by atoms with Gasteiger partial charge in [0.1, 0.15) is 0 Å². The molecule has 1 unspecified atom stereocenters. The molecule has 0 aromatic heterocycles. The molecule has 1 aromatic carbocycles. The van der Waals surface area contributed by atoms with E-state index in [1.807, 2.05) is 6.92 Å². The predicted molar refractivity (Wildman–Crippen MR) is 93.6 cm³/mol. The summed E-state index contributed by atoms with van der Waals surface area (Å²) in [5.74, 6) is 0. The summed E-state index contributed by atoms with van der Waals surface area (Å²) in [6.45, 7) is 6.73. The van der Waals surface area contributed by atoms with Gasteiger partial charge in [0.2, 0.25) is 10.0 Å². The lowest BCUT2D eigenvalue weighted by Gasteiger charge is -2.33. The smallest absolute Gasteiger partial charge is 0.240 e. The van der Waals surface area contributed by atoms with E-state index in [4.69, 9.17) is 0 Å². The highest BCUT2D eigenvalue weighted by atomic mass is 79.9. The average Bonchev–Trinajstić information content (AvgIpc) is 2.48. The minimum Gasteiger partial charge on any atom is -0.301 e. The van der Waals surface area contributed by atoms with E-state index in [0.29, 0.717) is 17.5 Å². The highest BCUT2D eigenvalue weighted by Gasteiger charge is 2.18. The Labute approximate surface area is 142 Å². The van der Waals surface area contributed by atoms with Gasteiger partial charge in [0.15, 0.2) is 0 Å². The molecule has 1 atom stereocenters. The van der Waals surface area contributed by atoms with Crippen molar-refractivity contribution in [1.82, 2.24) is 9.62 Å². The lowest BCUT2D eigenvalue weighted by Crippen LogP contribution is -2.39. The Kier molecular flexibility index (Phi) is 6.44. The number of nitrogens with zero attached hydrogens (tertiary/aromatic N) is 1. The van der Waals surface area contributed by atoms with E-state index in [9.17, 15) is 8.42 Å². The number of sulfonamides is 1. The molecular weight excluding hydrogens is 364 g/mol. The zero-order chi connectivity index (χ0) is 16.2. The molecule has 1 fully saturated rings. The monoisotopic (exact) mass is 388 g/mol. The summed E-state index contributed by atoms with van der Waals surface area (Å²) in [5, 5.41) is 0. The van der Waals surface area contributed by atoms with Crippen LogP contribution < -0.4 is 4.72 Å². The maximum absolute atomic E-state index is 12.3. The number of hydrogen-bond acceptors (Lipinski definition) is 3. The van der Waals surface area contributed by atoms with Gasteiger partial charge in [-0.3, -0.25) is 0 Å². The summed E-state index contributed by atoms with van der Waals surface area (Å²) in [6.07, 6.45) is 4.67. The first kappa shape index (κ1) is 17.9. The van der Waals surface area contributed by atoms with Gasteiger partial charge in [-0.15, -0.1) is 0 Å². The number of nitrogens with one attached hydrogen (secondary N) is 1. The molecule has 6 heteroatoms. The van der Waals surface area contributed by atoms with Gasteiger partial charge in [-0.25, -0.2) is 13.1 Å². The minimum absolute atomic E-state index is 0.333. The topological polar surface area (TPSA) is 49.4 Å². The molecule has 0 spiro atoms. The van der Waals surface area contributed by atoms with E-state index >= 15 is 0 Å². The van der Waals surface area contributed by atoms with Gasteiger partial charge in [-0.2, -0.15) is 0 Å². The first-order valence-electron chi connectivity index (χ1n) is 7.90. The molecular formula is C16H25BrN2O2S. The molecule has 0 bridgehead atoms. The molecule has 1 N–H and O–H groups in total. The van der Waals surface area contributed by atoms with Gasteiger partial charge in [0.25, 0.3) is 0 Å². The Balaban J connectivity index is 1.83. The van der Waals surface area contributed by atoms with E-state index in [1.165, 1.54) is 19.3 Å². The van der Waals surface area contributed by atoms with Crippen LogP contribution in [0.25, 0.3) is 0 Å². The third-order valence-corrected chi connectivity index (χ3v) is 6.64. The maximum Gasteiger partial charge on any atom is 0.240 e. The summed E-state index contributed by atoms with van der Waals surface area (Å²) in [7, 11) is -3.41. The SMILES string of the molecule is Cc1cc(S(=O)(=O)NCCCN2CCCCC2C)ccc1Br. The Morgan fingerprint density at radius 1 is 1.36 bits per heavy atom. The molecule has 22 heavy (non-hydrogen) atoms. The lowest BCUT2D eigenvalue weighted by atomic mass is 10.0. The molecule has 2 rings (SSSR count). The molecule has 1 saturated heterocycles. The van der Waals surface area contributed by atoms with Crippen LogP contribution in [0.2, 0.25) is 0 Å². The number of piperidine rings is 1. The normalized spacial score (nSPS) is 20.2. The summed E-state index contributed by atoms with van der Waals surface area (Å²) in [5.41, 5.74) is 0.921. The first-order chi connectivity index (χ1) is 10.4. The number of halogens is 1. The van der Waals surface area contributed by atoms with Crippen molar-refractivity contribution in [3.8, 4) is 0 Å². The third-order valence-electron chi connectivity index (χ3n) is 4.29. The molecule has 1 aromatic rings. The molecule has 0 saturated carbocycles. The zero-order valence-corrected chi connectivity index (χ0v) is 15.7. The van der Waals surface area contributed by atoms with Gasteiger partial charge in [-0.05, 0) is 70.0 Å². The van der Waals surface area contributed by atoms with Crippen LogP contribution >= 0.6 is 15.9 Å². The maximum atomic E-state index is 12.3. The summed E-state index contributed by atoms with van der Waals surface area (Å²) in [6, 6.07) is 5.73. The van der Waals surface area contributed by atoms with Crippen molar-refractivity contribution in [3.63, 3.8) is 0 Å². The van der Waals surface area contributed by atoms with Crippen LogP contribution in [0.4, 0.5) is 0 Å². The lowest BCUT2D eigenvalue weighted by molar-refractivity contribution is 0.159. The second kappa shape index (κ2) is 7.90. The number of rotatable bonds is 6. The molecule has 124 valence electrons. The van der Waals surface area contributed by atoms with E-state index in [2.05, 4.69) is 32.5 Å². The van der Waals surface area contributed by atoms with E-state index in [-0.39, 0.29) is 0 Å². The fourth-order valence-electron chi connectivity index (χ4n) is 2.85. The van der Waals surface area contributed by atoms with Crippen LogP contribution in [0.5, 0.6) is 0 Å². The Morgan fingerprint density at radius 2 is 2.14 bits per heavy atom. The van der Waals surface area contributed by atoms with E-state index in [1.54, 1.807) is 18.2 Å². The summed E-state index contributed by atoms with van der Waals surface area (Å²) >= 11 is 3.39. The second-order valence-electron chi connectivity index (χ2n) is 6.04. The Bertz CT molecular complexity index is 604. The second-order valence-corrected chi connectivity index (χ2v) is 8.66. The molecule has 1 aliphatic rings. The summed E-state index contributed by atoms with van der Waals surface area (Å²) < 4.78 is 28.2. The van der Waals surface area contributed by atoms with Crippen LogP contribution in [0.15, 0.2) is 27.6 Å². The molecule has 1 heterocycles. The number of hydrogen-bond donors (Lipinski definition) is 1. The standard InChI is InChI=1S/C16H25BrN2O2S/c1-13-12-15(7-8-16(13)17)22(20,21)18-9-5-11-19-10-4-3-6-14(19)2/h7-8,12,14,18H,3-6,9-11H2,1-2H3.